The highest BCUT2D eigenvalue weighted by Crippen LogP contribution is 2.25. The molecule has 3 rings (SSSR count). The summed E-state index contributed by atoms with van der Waals surface area (Å²) in [5.41, 5.74) is 2.48. The molecule has 6 nitrogen and oxygen atoms in total. The third-order valence-electron chi connectivity index (χ3n) is 4.66. The number of aromatic nitrogens is 1. The zero-order chi connectivity index (χ0) is 19.1. The molecule has 0 radical (unpaired) electrons. The Kier molecular flexibility index (Phi) is 6.65. The number of carbonyl (C=O) groups is 2. The van der Waals surface area contributed by atoms with Gasteiger partial charge in [0.15, 0.2) is 5.78 Å². The maximum Gasteiger partial charge on any atom is 0.257 e. The third kappa shape index (κ3) is 4.98. The van der Waals surface area contributed by atoms with Crippen LogP contribution in [0.4, 0.5) is 5.69 Å². The molecule has 1 aliphatic carbocycles. The Labute approximate surface area is 159 Å². The average molecular weight is 369 g/mol. The molecule has 0 spiro atoms. The van der Waals surface area contributed by atoms with Crippen LogP contribution in [0.1, 0.15) is 59.0 Å². The van der Waals surface area contributed by atoms with Crippen LogP contribution in [-0.2, 0) is 6.42 Å². The molecule has 2 aromatic rings. The number of aromatic amines is 1. The lowest BCUT2D eigenvalue weighted by atomic mass is 9.93. The summed E-state index contributed by atoms with van der Waals surface area (Å²) < 4.78 is 5.73. The predicted molar refractivity (Wildman–Crippen MR) is 106 cm³/mol. The van der Waals surface area contributed by atoms with Crippen LogP contribution in [0.3, 0.4) is 0 Å². The minimum atomic E-state index is -0.277. The molecule has 1 aromatic carbocycles. The Hall–Kier alpha value is -2.60. The van der Waals surface area contributed by atoms with Gasteiger partial charge < -0.3 is 20.4 Å². The van der Waals surface area contributed by atoms with Crippen LogP contribution in [-0.4, -0.2) is 36.4 Å². The summed E-state index contributed by atoms with van der Waals surface area (Å²) in [5, 5.41) is 6.19. The zero-order valence-corrected chi connectivity index (χ0v) is 15.8. The van der Waals surface area contributed by atoms with Gasteiger partial charge in [0.25, 0.3) is 5.91 Å². The first kappa shape index (κ1) is 19.2. The van der Waals surface area contributed by atoms with E-state index in [1.807, 2.05) is 18.2 Å². The molecular formula is C21H27N3O3. The molecule has 0 unspecified atom stereocenters. The van der Waals surface area contributed by atoms with Gasteiger partial charge in [-0.15, -0.1) is 0 Å². The van der Waals surface area contributed by atoms with Gasteiger partial charge in [0.05, 0.1) is 11.1 Å². The SMILES string of the molecule is CCCCNCCOc1cccc(NC(=O)c2c[nH]c3c2C(=O)CCC3)c1. The number of fused-ring (bicyclic) bond motifs is 1. The summed E-state index contributed by atoms with van der Waals surface area (Å²) in [7, 11) is 0. The van der Waals surface area contributed by atoms with E-state index >= 15 is 0 Å². The number of H-pyrrole nitrogens is 1. The average Bonchev–Trinajstić information content (AvgIpc) is 3.11. The van der Waals surface area contributed by atoms with E-state index < -0.39 is 0 Å². The number of Topliss-reactive ketones (excluding diaryl/α,β-unsaturated/α-hetero) is 1. The third-order valence-corrected chi connectivity index (χ3v) is 4.66. The summed E-state index contributed by atoms with van der Waals surface area (Å²) in [6.07, 6.45) is 6.11. The predicted octanol–water partition coefficient (Wildman–Crippen LogP) is 3.55. The Morgan fingerprint density at radius 2 is 2.15 bits per heavy atom. The van der Waals surface area contributed by atoms with Crippen LogP contribution in [0.15, 0.2) is 30.5 Å². The van der Waals surface area contributed by atoms with Crippen LogP contribution in [0, 0.1) is 0 Å². The van der Waals surface area contributed by atoms with Crippen molar-refractivity contribution in [1.82, 2.24) is 10.3 Å². The van der Waals surface area contributed by atoms with Crippen molar-refractivity contribution in [3.63, 3.8) is 0 Å². The maximum atomic E-state index is 12.6. The highest BCUT2D eigenvalue weighted by atomic mass is 16.5. The van der Waals surface area contributed by atoms with Crippen molar-refractivity contribution < 1.29 is 14.3 Å². The molecule has 1 aromatic heterocycles. The van der Waals surface area contributed by atoms with Crippen molar-refractivity contribution in [3.05, 3.63) is 47.3 Å². The number of anilines is 1. The van der Waals surface area contributed by atoms with E-state index in [4.69, 9.17) is 4.74 Å². The second kappa shape index (κ2) is 9.37. The van der Waals surface area contributed by atoms with Crippen LogP contribution in [0.5, 0.6) is 5.75 Å². The van der Waals surface area contributed by atoms with Crippen LogP contribution in [0.2, 0.25) is 0 Å². The van der Waals surface area contributed by atoms with E-state index in [1.165, 1.54) is 6.42 Å². The van der Waals surface area contributed by atoms with Gasteiger partial charge in [0.2, 0.25) is 0 Å². The number of aryl methyl sites for hydroxylation is 1. The molecule has 0 saturated heterocycles. The van der Waals surface area contributed by atoms with Gasteiger partial charge in [0.1, 0.15) is 12.4 Å². The second-order valence-electron chi connectivity index (χ2n) is 6.77. The number of rotatable bonds is 9. The van der Waals surface area contributed by atoms with Crippen molar-refractivity contribution in [1.29, 1.82) is 0 Å². The van der Waals surface area contributed by atoms with E-state index in [2.05, 4.69) is 22.5 Å². The molecule has 0 aliphatic heterocycles. The fourth-order valence-corrected chi connectivity index (χ4v) is 3.24. The van der Waals surface area contributed by atoms with Gasteiger partial charge >= 0.3 is 0 Å². The van der Waals surface area contributed by atoms with E-state index in [1.54, 1.807) is 12.3 Å². The van der Waals surface area contributed by atoms with E-state index in [9.17, 15) is 9.59 Å². The molecule has 6 heteroatoms. The van der Waals surface area contributed by atoms with Crippen molar-refractivity contribution >= 4 is 17.4 Å². The van der Waals surface area contributed by atoms with Gasteiger partial charge in [0, 0.05) is 36.6 Å². The summed E-state index contributed by atoms with van der Waals surface area (Å²) in [6.45, 7) is 4.52. The van der Waals surface area contributed by atoms with Gasteiger partial charge in [-0.25, -0.2) is 0 Å². The summed E-state index contributed by atoms with van der Waals surface area (Å²) >= 11 is 0. The fourth-order valence-electron chi connectivity index (χ4n) is 3.24. The molecular weight excluding hydrogens is 342 g/mol. The molecule has 144 valence electrons. The van der Waals surface area contributed by atoms with E-state index in [-0.39, 0.29) is 11.7 Å². The van der Waals surface area contributed by atoms with Crippen molar-refractivity contribution in [3.8, 4) is 5.75 Å². The lowest BCUT2D eigenvalue weighted by molar-refractivity contribution is 0.0956. The minimum absolute atomic E-state index is 0.0373. The van der Waals surface area contributed by atoms with Crippen molar-refractivity contribution in [2.75, 3.05) is 25.0 Å². The Bertz CT molecular complexity index is 798. The molecule has 0 fully saturated rings. The summed E-state index contributed by atoms with van der Waals surface area (Å²) in [5.74, 6) is 0.466. The first-order valence-corrected chi connectivity index (χ1v) is 9.67. The Morgan fingerprint density at radius 3 is 3.00 bits per heavy atom. The quantitative estimate of drug-likeness (QED) is 0.590. The zero-order valence-electron chi connectivity index (χ0n) is 15.8. The largest absolute Gasteiger partial charge is 0.492 e. The molecule has 3 N–H and O–H groups in total. The van der Waals surface area contributed by atoms with Crippen LogP contribution >= 0.6 is 0 Å². The molecule has 1 aliphatic rings. The fraction of sp³-hybridized carbons (Fsp3) is 0.429. The first-order valence-electron chi connectivity index (χ1n) is 9.67. The molecule has 1 amide bonds. The maximum absolute atomic E-state index is 12.6. The van der Waals surface area contributed by atoms with Gasteiger partial charge in [-0.3, -0.25) is 9.59 Å². The first-order chi connectivity index (χ1) is 13.2. The minimum Gasteiger partial charge on any atom is -0.492 e. The molecule has 27 heavy (non-hydrogen) atoms. The number of ketones is 1. The monoisotopic (exact) mass is 369 g/mol. The molecule has 0 bridgehead atoms. The lowest BCUT2D eigenvalue weighted by Gasteiger charge is -2.12. The van der Waals surface area contributed by atoms with Gasteiger partial charge in [-0.1, -0.05) is 19.4 Å². The molecule has 0 saturated carbocycles. The number of unbranched alkanes of at least 4 members (excludes halogenated alkanes) is 1. The van der Waals surface area contributed by atoms with Crippen LogP contribution in [0.25, 0.3) is 0 Å². The van der Waals surface area contributed by atoms with Gasteiger partial charge in [-0.2, -0.15) is 0 Å². The number of nitrogens with one attached hydrogen (secondary N) is 3. The van der Waals surface area contributed by atoms with E-state index in [0.29, 0.717) is 35.6 Å². The van der Waals surface area contributed by atoms with Gasteiger partial charge in [-0.05, 0) is 37.9 Å². The van der Waals surface area contributed by atoms with Crippen LogP contribution < -0.4 is 15.4 Å². The Balaban J connectivity index is 1.57. The summed E-state index contributed by atoms with van der Waals surface area (Å²) in [6, 6.07) is 7.31. The lowest BCUT2D eigenvalue weighted by Crippen LogP contribution is -2.22. The number of amides is 1. The highest BCUT2D eigenvalue weighted by molar-refractivity contribution is 6.13. The topological polar surface area (TPSA) is 83.2 Å². The summed E-state index contributed by atoms with van der Waals surface area (Å²) in [4.78, 5) is 27.9. The number of hydrogen-bond donors (Lipinski definition) is 3. The number of benzene rings is 1. The number of carbonyl (C=O) groups excluding carboxylic acids is 2. The number of hydrogen-bond acceptors (Lipinski definition) is 4. The Morgan fingerprint density at radius 1 is 1.26 bits per heavy atom. The normalized spacial score (nSPS) is 13.3. The highest BCUT2D eigenvalue weighted by Gasteiger charge is 2.25. The molecule has 1 heterocycles. The molecule has 0 atom stereocenters. The van der Waals surface area contributed by atoms with Crippen molar-refractivity contribution in [2.45, 2.75) is 39.0 Å². The number of ether oxygens (including phenoxy) is 1. The standard InChI is InChI=1S/C21H27N3O3/c1-2-3-10-22-11-12-27-16-7-4-6-15(13-16)24-21(26)17-14-23-18-8-5-9-19(25)20(17)18/h4,6-7,13-14,22-23H,2-3,5,8-12H2,1H3,(H,24,26). The smallest absolute Gasteiger partial charge is 0.257 e. The van der Waals surface area contributed by atoms with Crippen molar-refractivity contribution in [2.24, 2.45) is 0 Å². The van der Waals surface area contributed by atoms with E-state index in [0.717, 1.165) is 38.0 Å². The second-order valence-corrected chi connectivity index (χ2v) is 6.77.